The fourth-order valence-electron chi connectivity index (χ4n) is 3.53. The summed E-state index contributed by atoms with van der Waals surface area (Å²) in [6.45, 7) is 5.22. The van der Waals surface area contributed by atoms with Crippen LogP contribution in [0.25, 0.3) is 19.5 Å². The zero-order chi connectivity index (χ0) is 27.3. The molecule has 1 amide bonds. The van der Waals surface area contributed by atoms with Gasteiger partial charge >= 0.3 is 12.1 Å². The van der Waals surface area contributed by atoms with Crippen LogP contribution >= 0.6 is 34.0 Å². The Kier molecular flexibility index (Phi) is 8.65. The van der Waals surface area contributed by atoms with Crippen molar-refractivity contribution in [3.05, 3.63) is 70.4 Å². The number of benzene rings is 1. The second kappa shape index (κ2) is 11.9. The summed E-state index contributed by atoms with van der Waals surface area (Å²) < 4.78 is 10.1. The summed E-state index contributed by atoms with van der Waals surface area (Å²) in [4.78, 5) is 34.8. The van der Waals surface area contributed by atoms with Crippen molar-refractivity contribution in [1.82, 2.24) is 5.32 Å². The fraction of sp³-hybridized carbons (Fsp3) is 0.250. The average molecular weight is 569 g/mol. The van der Waals surface area contributed by atoms with Crippen LogP contribution < -0.4 is 5.32 Å². The smallest absolute Gasteiger partial charge is 0.408 e. The summed E-state index contributed by atoms with van der Waals surface area (Å²) in [5.41, 5.74) is 0.338. The second-order valence-corrected chi connectivity index (χ2v) is 12.5. The highest BCUT2D eigenvalue weighted by molar-refractivity contribution is 7.26. The number of nitrogens with one attached hydrogen (secondary N) is 1. The Bertz CT molecular complexity index is 1430. The van der Waals surface area contributed by atoms with E-state index < -0.39 is 23.7 Å². The molecule has 3 aromatic heterocycles. The Morgan fingerprint density at radius 2 is 1.74 bits per heavy atom. The molecule has 0 radical (unpaired) electrons. The van der Waals surface area contributed by atoms with Crippen LogP contribution in [0.2, 0.25) is 0 Å². The lowest BCUT2D eigenvalue weighted by atomic mass is 10.0. The van der Waals surface area contributed by atoms with E-state index in [9.17, 15) is 14.7 Å². The molecule has 0 bridgehead atoms. The largest absolute Gasteiger partial charge is 0.506 e. The van der Waals surface area contributed by atoms with Gasteiger partial charge in [0.25, 0.3) is 0 Å². The maximum absolute atomic E-state index is 12.3. The number of aliphatic imine (C=N–C) groups is 1. The van der Waals surface area contributed by atoms with Gasteiger partial charge in [-0.25, -0.2) is 9.59 Å². The van der Waals surface area contributed by atoms with E-state index in [2.05, 4.69) is 46.0 Å². The van der Waals surface area contributed by atoms with Crippen LogP contribution in [0.15, 0.2) is 65.0 Å². The van der Waals surface area contributed by atoms with Crippen LogP contribution in [0.4, 0.5) is 10.5 Å². The molecule has 0 unspecified atom stereocenters. The lowest BCUT2D eigenvalue weighted by Gasteiger charge is -2.22. The molecule has 0 fully saturated rings. The molecular formula is C28H28N2O5S3. The number of amides is 1. The van der Waals surface area contributed by atoms with Gasteiger partial charge in [-0.1, -0.05) is 12.1 Å². The van der Waals surface area contributed by atoms with Crippen molar-refractivity contribution in [1.29, 1.82) is 0 Å². The van der Waals surface area contributed by atoms with Crippen LogP contribution in [0.3, 0.4) is 0 Å². The van der Waals surface area contributed by atoms with E-state index in [1.807, 2.05) is 6.07 Å². The number of methoxy groups -OCH3 is 1. The summed E-state index contributed by atoms with van der Waals surface area (Å²) in [6.07, 6.45) is 1.13. The highest BCUT2D eigenvalue weighted by Crippen LogP contribution is 2.39. The number of aromatic hydroxyl groups is 1. The molecular weight excluding hydrogens is 541 g/mol. The summed E-state index contributed by atoms with van der Waals surface area (Å²) in [5, 5.41) is 15.0. The van der Waals surface area contributed by atoms with E-state index >= 15 is 0 Å². The van der Waals surface area contributed by atoms with Crippen LogP contribution in [-0.4, -0.2) is 42.1 Å². The highest BCUT2D eigenvalue weighted by atomic mass is 32.1. The van der Waals surface area contributed by atoms with E-state index in [1.54, 1.807) is 73.1 Å². The molecule has 3 heterocycles. The Morgan fingerprint density at radius 3 is 2.42 bits per heavy atom. The number of hydrogen-bond acceptors (Lipinski definition) is 9. The van der Waals surface area contributed by atoms with Crippen molar-refractivity contribution in [3.63, 3.8) is 0 Å². The molecule has 0 saturated heterocycles. The average Bonchev–Trinajstić information content (AvgIpc) is 3.63. The van der Waals surface area contributed by atoms with Crippen LogP contribution in [-0.2, 0) is 20.7 Å². The van der Waals surface area contributed by atoms with E-state index in [-0.39, 0.29) is 12.2 Å². The molecule has 0 aliphatic heterocycles. The van der Waals surface area contributed by atoms with Crippen LogP contribution in [0.5, 0.6) is 5.75 Å². The molecule has 0 aliphatic rings. The quantitative estimate of drug-likeness (QED) is 0.172. The van der Waals surface area contributed by atoms with Crippen molar-refractivity contribution in [2.24, 2.45) is 4.99 Å². The number of thiophene rings is 3. The maximum atomic E-state index is 12.3. The van der Waals surface area contributed by atoms with Gasteiger partial charge in [-0.15, -0.1) is 34.0 Å². The van der Waals surface area contributed by atoms with Crippen LogP contribution in [0.1, 0.15) is 31.2 Å². The fourth-order valence-corrected chi connectivity index (χ4v) is 6.34. The number of phenols is 1. The van der Waals surface area contributed by atoms with Gasteiger partial charge in [0.1, 0.15) is 23.1 Å². The summed E-state index contributed by atoms with van der Waals surface area (Å²) in [6, 6.07) is 16.4. The summed E-state index contributed by atoms with van der Waals surface area (Å²) in [7, 11) is 1.26. The van der Waals surface area contributed by atoms with Crippen molar-refractivity contribution < 1.29 is 24.2 Å². The number of alkyl carbamates (subject to hydrolysis) is 1. The number of carbonyl (C=O) groups is 2. The van der Waals surface area contributed by atoms with Gasteiger partial charge < -0.3 is 19.9 Å². The Hall–Kier alpha value is -3.47. The van der Waals surface area contributed by atoms with E-state index in [4.69, 9.17) is 9.47 Å². The molecule has 198 valence electrons. The van der Waals surface area contributed by atoms with Gasteiger partial charge in [-0.3, -0.25) is 4.99 Å². The van der Waals surface area contributed by atoms with E-state index in [1.165, 1.54) is 27.8 Å². The van der Waals surface area contributed by atoms with Gasteiger partial charge in [-0.05, 0) is 74.2 Å². The van der Waals surface area contributed by atoms with E-state index in [0.29, 0.717) is 11.3 Å². The van der Waals surface area contributed by atoms with Crippen molar-refractivity contribution in [2.45, 2.75) is 38.8 Å². The molecule has 0 saturated carbocycles. The first-order valence-corrected chi connectivity index (χ1v) is 14.3. The predicted octanol–water partition coefficient (Wildman–Crippen LogP) is 7.27. The number of phenolic OH excluding ortho intramolecular Hbond substituents is 1. The monoisotopic (exact) mass is 568 g/mol. The number of esters is 1. The molecule has 10 heteroatoms. The van der Waals surface area contributed by atoms with Crippen LogP contribution in [0, 0.1) is 0 Å². The normalized spacial score (nSPS) is 12.4. The molecule has 0 aliphatic carbocycles. The number of rotatable bonds is 8. The molecule has 1 aromatic carbocycles. The lowest BCUT2D eigenvalue weighted by Crippen LogP contribution is -2.45. The third kappa shape index (κ3) is 7.31. The molecule has 2 N–H and O–H groups in total. The Morgan fingerprint density at radius 1 is 1.03 bits per heavy atom. The van der Waals surface area contributed by atoms with Crippen molar-refractivity contribution in [3.8, 4) is 25.3 Å². The molecule has 4 rings (SSSR count). The van der Waals surface area contributed by atoms with Gasteiger partial charge in [-0.2, -0.15) is 0 Å². The third-order valence-corrected chi connectivity index (χ3v) is 8.59. The van der Waals surface area contributed by atoms with Crippen molar-refractivity contribution in [2.75, 3.05) is 7.11 Å². The molecule has 38 heavy (non-hydrogen) atoms. The van der Waals surface area contributed by atoms with Gasteiger partial charge in [0.2, 0.25) is 0 Å². The van der Waals surface area contributed by atoms with E-state index in [0.717, 1.165) is 9.75 Å². The minimum Gasteiger partial charge on any atom is -0.506 e. The number of carbonyl (C=O) groups excluding carboxylic acids is 2. The zero-order valence-corrected chi connectivity index (χ0v) is 23.8. The maximum Gasteiger partial charge on any atom is 0.408 e. The lowest BCUT2D eigenvalue weighted by molar-refractivity contribution is -0.143. The number of nitrogens with zero attached hydrogens (tertiary/aromatic N) is 1. The van der Waals surface area contributed by atoms with Gasteiger partial charge in [0, 0.05) is 37.0 Å². The Labute approximate surface area is 233 Å². The molecule has 7 nitrogen and oxygen atoms in total. The third-order valence-electron chi connectivity index (χ3n) is 5.23. The summed E-state index contributed by atoms with van der Waals surface area (Å²) in [5.74, 6) is -0.591. The van der Waals surface area contributed by atoms with Gasteiger partial charge in [0.15, 0.2) is 0 Å². The number of ether oxygens (including phenoxy) is 2. The highest BCUT2D eigenvalue weighted by Gasteiger charge is 2.25. The van der Waals surface area contributed by atoms with Crippen molar-refractivity contribution >= 4 is 58.0 Å². The summed E-state index contributed by atoms with van der Waals surface area (Å²) >= 11 is 5.09. The minimum absolute atomic E-state index is 0.00958. The first kappa shape index (κ1) is 27.6. The molecule has 1 atom stereocenters. The number of hydrogen-bond donors (Lipinski definition) is 2. The predicted molar refractivity (Wildman–Crippen MR) is 155 cm³/mol. The topological polar surface area (TPSA) is 97.2 Å². The zero-order valence-electron chi connectivity index (χ0n) is 21.4. The second-order valence-electron chi connectivity index (χ2n) is 9.35. The Balaban J connectivity index is 1.47. The standard InChI is InChI=1S/C28H28N2O5S3/c1-28(2,3)35-27(33)30-20(26(32)34-4)15-17-7-9-21(31)19(14-17)29-16-18-8-10-24(37-18)25-12-11-23(38-25)22-6-5-13-36-22/h5-14,16,20,31H,15H2,1-4H3,(H,30,33)/t20-/m0/s1. The first-order valence-electron chi connectivity index (χ1n) is 11.8. The van der Waals surface area contributed by atoms with Gasteiger partial charge in [0.05, 0.1) is 7.11 Å². The minimum atomic E-state index is -0.957. The molecule has 0 spiro atoms. The molecule has 4 aromatic rings. The first-order chi connectivity index (χ1) is 18.1. The SMILES string of the molecule is COC(=O)[C@H](Cc1ccc(O)c(N=Cc2ccc(-c3ccc(-c4cccs4)s3)s2)c1)NC(=O)OC(C)(C)C.